The first kappa shape index (κ1) is 13.1. The molecule has 0 radical (unpaired) electrons. The molecule has 0 amide bonds. The molecule has 2 nitrogen and oxygen atoms in total. The van der Waals surface area contributed by atoms with E-state index in [0.29, 0.717) is 6.54 Å². The fourth-order valence-corrected chi connectivity index (χ4v) is 2.66. The Hall–Kier alpha value is 0.137. The highest BCUT2D eigenvalue weighted by Crippen LogP contribution is 2.38. The van der Waals surface area contributed by atoms with Crippen LogP contribution in [0.4, 0.5) is 0 Å². The molecule has 0 saturated heterocycles. The minimum atomic E-state index is -1.64. The molecule has 80 valence electrons. The Labute approximate surface area is 84.0 Å². The molecule has 0 aromatic heterocycles. The quantitative estimate of drug-likeness (QED) is 0.716. The molecule has 0 atom stereocenters. The summed E-state index contributed by atoms with van der Waals surface area (Å²) in [4.78, 5) is 0. The van der Waals surface area contributed by atoms with Crippen molar-refractivity contribution in [1.82, 2.24) is 0 Å². The van der Waals surface area contributed by atoms with Gasteiger partial charge in [0.2, 0.25) is 0 Å². The van der Waals surface area contributed by atoms with Gasteiger partial charge in [-0.25, -0.2) is 0 Å². The average molecular weight is 203 g/mol. The van der Waals surface area contributed by atoms with Crippen molar-refractivity contribution in [3.8, 4) is 0 Å². The maximum Gasteiger partial charge on any atom is 0.192 e. The van der Waals surface area contributed by atoms with Gasteiger partial charge >= 0.3 is 0 Å². The van der Waals surface area contributed by atoms with Crippen LogP contribution < -0.4 is 5.73 Å². The zero-order valence-electron chi connectivity index (χ0n) is 10.2. The van der Waals surface area contributed by atoms with E-state index >= 15 is 0 Å². The van der Waals surface area contributed by atoms with Gasteiger partial charge in [0.05, 0.1) is 5.60 Å². The van der Waals surface area contributed by atoms with Gasteiger partial charge in [-0.3, -0.25) is 0 Å². The highest BCUT2D eigenvalue weighted by molar-refractivity contribution is 6.74. The van der Waals surface area contributed by atoms with Crippen LogP contribution in [0.1, 0.15) is 34.6 Å². The molecular weight excluding hydrogens is 178 g/mol. The lowest BCUT2D eigenvalue weighted by Crippen LogP contribution is -2.50. The lowest BCUT2D eigenvalue weighted by atomic mass is 10.1. The molecule has 0 aliphatic carbocycles. The van der Waals surface area contributed by atoms with Gasteiger partial charge in [0.25, 0.3) is 0 Å². The lowest BCUT2D eigenvalue weighted by Gasteiger charge is -2.42. The van der Waals surface area contributed by atoms with Gasteiger partial charge in [-0.05, 0) is 32.0 Å². The van der Waals surface area contributed by atoms with Crippen molar-refractivity contribution in [3.63, 3.8) is 0 Å². The average Bonchev–Trinajstić information content (AvgIpc) is 1.83. The van der Waals surface area contributed by atoms with Crippen LogP contribution in [0.5, 0.6) is 0 Å². The molecule has 0 aromatic carbocycles. The van der Waals surface area contributed by atoms with Crippen molar-refractivity contribution in [2.45, 2.75) is 58.4 Å². The van der Waals surface area contributed by atoms with Crippen LogP contribution in [-0.2, 0) is 4.43 Å². The lowest BCUT2D eigenvalue weighted by molar-refractivity contribution is 0.101. The van der Waals surface area contributed by atoms with Gasteiger partial charge in [0, 0.05) is 6.54 Å². The Bertz CT molecular complexity index is 170. The summed E-state index contributed by atoms with van der Waals surface area (Å²) >= 11 is 0. The van der Waals surface area contributed by atoms with Crippen LogP contribution >= 0.6 is 0 Å². The maximum absolute atomic E-state index is 6.15. The number of hydrogen-bond acceptors (Lipinski definition) is 2. The number of hydrogen-bond donors (Lipinski definition) is 1. The molecule has 0 heterocycles. The summed E-state index contributed by atoms with van der Waals surface area (Å²) in [6, 6.07) is 0. The highest BCUT2D eigenvalue weighted by Gasteiger charge is 2.40. The molecule has 0 saturated carbocycles. The highest BCUT2D eigenvalue weighted by atomic mass is 28.4. The van der Waals surface area contributed by atoms with Crippen molar-refractivity contribution in [1.29, 1.82) is 0 Å². The predicted molar refractivity (Wildman–Crippen MR) is 61.4 cm³/mol. The summed E-state index contributed by atoms with van der Waals surface area (Å²) in [5, 5.41) is 0.263. The summed E-state index contributed by atoms with van der Waals surface area (Å²) in [7, 11) is -1.64. The van der Waals surface area contributed by atoms with Gasteiger partial charge in [-0.2, -0.15) is 0 Å². The standard InChI is InChI=1S/C10H25NOSi/c1-9(2,3)13(6,7)12-10(4,5)8-11/h8,11H2,1-7H3. The van der Waals surface area contributed by atoms with Gasteiger partial charge < -0.3 is 10.2 Å². The van der Waals surface area contributed by atoms with Crippen molar-refractivity contribution >= 4 is 8.32 Å². The summed E-state index contributed by atoms with van der Waals surface area (Å²) < 4.78 is 6.15. The van der Waals surface area contributed by atoms with Crippen LogP contribution in [0.3, 0.4) is 0 Å². The van der Waals surface area contributed by atoms with Gasteiger partial charge in [-0.1, -0.05) is 20.8 Å². The monoisotopic (exact) mass is 203 g/mol. The largest absolute Gasteiger partial charge is 0.411 e. The zero-order chi connectivity index (χ0) is 10.9. The first-order valence-corrected chi connectivity index (χ1v) is 7.83. The second-order valence-corrected chi connectivity index (χ2v) is 10.6. The molecule has 0 unspecified atom stereocenters. The first-order valence-electron chi connectivity index (χ1n) is 4.92. The van der Waals surface area contributed by atoms with Crippen LogP contribution in [0.15, 0.2) is 0 Å². The summed E-state index contributed by atoms with van der Waals surface area (Å²) in [5.41, 5.74) is 5.48. The van der Waals surface area contributed by atoms with Crippen molar-refractivity contribution in [3.05, 3.63) is 0 Å². The second kappa shape index (κ2) is 3.71. The fraction of sp³-hybridized carbons (Fsp3) is 1.00. The van der Waals surface area contributed by atoms with Gasteiger partial charge in [-0.15, -0.1) is 0 Å². The van der Waals surface area contributed by atoms with E-state index in [1.165, 1.54) is 0 Å². The maximum atomic E-state index is 6.15. The Morgan fingerprint density at radius 3 is 1.69 bits per heavy atom. The van der Waals surface area contributed by atoms with E-state index in [4.69, 9.17) is 10.2 Å². The van der Waals surface area contributed by atoms with E-state index in [1.807, 2.05) is 0 Å². The molecule has 3 heteroatoms. The van der Waals surface area contributed by atoms with Gasteiger partial charge in [0.1, 0.15) is 0 Å². The van der Waals surface area contributed by atoms with Crippen molar-refractivity contribution < 1.29 is 4.43 Å². The molecule has 2 N–H and O–H groups in total. The van der Waals surface area contributed by atoms with Crippen LogP contribution in [0.25, 0.3) is 0 Å². The molecule has 0 aliphatic rings. The van der Waals surface area contributed by atoms with Crippen LogP contribution in [0.2, 0.25) is 18.1 Å². The van der Waals surface area contributed by atoms with E-state index in [2.05, 4.69) is 47.7 Å². The Kier molecular flexibility index (Phi) is 3.75. The SMILES string of the molecule is CC(C)(CN)O[Si](C)(C)C(C)(C)C. The van der Waals surface area contributed by atoms with E-state index in [9.17, 15) is 0 Å². The Morgan fingerprint density at radius 2 is 1.46 bits per heavy atom. The van der Waals surface area contributed by atoms with Crippen LogP contribution in [0, 0.1) is 0 Å². The molecule has 0 fully saturated rings. The molecule has 0 aliphatic heterocycles. The van der Waals surface area contributed by atoms with Crippen LogP contribution in [-0.4, -0.2) is 20.5 Å². The molecular formula is C10H25NOSi. The Balaban J connectivity index is 4.52. The zero-order valence-corrected chi connectivity index (χ0v) is 11.2. The summed E-state index contributed by atoms with van der Waals surface area (Å²) in [6.07, 6.45) is 0. The molecule has 0 bridgehead atoms. The van der Waals surface area contributed by atoms with E-state index < -0.39 is 8.32 Å². The van der Waals surface area contributed by atoms with E-state index in [0.717, 1.165) is 0 Å². The number of nitrogens with two attached hydrogens (primary N) is 1. The van der Waals surface area contributed by atoms with E-state index in [1.54, 1.807) is 0 Å². The third kappa shape index (κ3) is 3.79. The minimum Gasteiger partial charge on any atom is -0.411 e. The molecule has 0 spiro atoms. The number of rotatable bonds is 3. The minimum absolute atomic E-state index is 0.178. The third-order valence-corrected chi connectivity index (χ3v) is 7.50. The molecule has 0 aromatic rings. The third-order valence-electron chi connectivity index (χ3n) is 2.83. The van der Waals surface area contributed by atoms with Gasteiger partial charge in [0.15, 0.2) is 8.32 Å². The van der Waals surface area contributed by atoms with E-state index in [-0.39, 0.29) is 10.6 Å². The molecule has 13 heavy (non-hydrogen) atoms. The summed E-state index contributed by atoms with van der Waals surface area (Å²) in [5.74, 6) is 0. The summed E-state index contributed by atoms with van der Waals surface area (Å²) in [6.45, 7) is 15.9. The first-order chi connectivity index (χ1) is 5.52. The fourth-order valence-electron chi connectivity index (χ4n) is 0.885. The Morgan fingerprint density at radius 1 is 1.08 bits per heavy atom. The smallest absolute Gasteiger partial charge is 0.192 e. The topological polar surface area (TPSA) is 35.2 Å². The normalized spacial score (nSPS) is 14.8. The second-order valence-electron chi connectivity index (χ2n) is 5.83. The van der Waals surface area contributed by atoms with Crippen molar-refractivity contribution in [2.24, 2.45) is 5.73 Å². The predicted octanol–water partition coefficient (Wildman–Crippen LogP) is 2.75. The van der Waals surface area contributed by atoms with Crippen molar-refractivity contribution in [2.75, 3.05) is 6.54 Å². The molecule has 0 rings (SSSR count).